The highest BCUT2D eigenvalue weighted by atomic mass is 16.3. The summed E-state index contributed by atoms with van der Waals surface area (Å²) in [5, 5.41) is 10.2. The largest absolute Gasteiger partial charge is 0.393 e. The number of ketones is 1. The van der Waals surface area contributed by atoms with Crippen molar-refractivity contribution in [2.24, 2.45) is 40.4 Å². The second kappa shape index (κ2) is 5.94. The number of aliphatic hydroxyl groups is 1. The molecule has 4 saturated carbocycles. The number of hydrogen-bond acceptors (Lipinski definition) is 2. The van der Waals surface area contributed by atoms with Crippen LogP contribution in [0.2, 0.25) is 0 Å². The van der Waals surface area contributed by atoms with E-state index in [2.05, 4.69) is 20.4 Å². The first kappa shape index (κ1) is 17.8. The van der Waals surface area contributed by atoms with Crippen LogP contribution in [0.25, 0.3) is 0 Å². The first-order valence-corrected chi connectivity index (χ1v) is 10.6. The van der Waals surface area contributed by atoms with Crippen molar-refractivity contribution < 1.29 is 9.90 Å². The Labute approximate surface area is 153 Å². The maximum absolute atomic E-state index is 12.9. The molecule has 140 valence electrons. The Kier molecular flexibility index (Phi) is 4.22. The van der Waals surface area contributed by atoms with Crippen molar-refractivity contribution in [1.29, 1.82) is 0 Å². The lowest BCUT2D eigenvalue weighted by molar-refractivity contribution is -0.152. The first-order chi connectivity index (χ1) is 11.8. The normalized spacial score (nSPS) is 52.0. The number of carbonyl (C=O) groups is 1. The molecule has 4 aliphatic rings. The summed E-state index contributed by atoms with van der Waals surface area (Å²) in [4.78, 5) is 12.9. The van der Waals surface area contributed by atoms with Gasteiger partial charge in [0, 0.05) is 5.41 Å². The number of hydrogen-bond donors (Lipinski definition) is 1. The lowest BCUT2D eigenvalue weighted by Gasteiger charge is -2.61. The van der Waals surface area contributed by atoms with Gasteiger partial charge in [0.15, 0.2) is 0 Å². The van der Waals surface area contributed by atoms with Gasteiger partial charge in [-0.1, -0.05) is 19.1 Å². The molecular weight excluding hydrogens is 308 g/mol. The van der Waals surface area contributed by atoms with Crippen LogP contribution in [0.15, 0.2) is 12.2 Å². The van der Waals surface area contributed by atoms with Crippen molar-refractivity contribution in [3.63, 3.8) is 0 Å². The fraction of sp³-hybridized carbons (Fsp3) is 0.870. The number of allylic oxidation sites excluding steroid dienone is 1. The van der Waals surface area contributed by atoms with E-state index in [4.69, 9.17) is 0 Å². The SMILES string of the molecule is C=C(C)[C@H]1CC[C@H]2[C@@H]3CC[C@H]4C[C@H](O)CC[C@]4(C)[C@H]3CC[C@]12C(C)=O. The topological polar surface area (TPSA) is 37.3 Å². The zero-order chi connectivity index (χ0) is 18.0. The van der Waals surface area contributed by atoms with Gasteiger partial charge in [-0.3, -0.25) is 4.79 Å². The molecule has 0 bridgehead atoms. The molecule has 25 heavy (non-hydrogen) atoms. The molecule has 4 rings (SSSR count). The summed E-state index contributed by atoms with van der Waals surface area (Å²) in [5.74, 6) is 3.61. The minimum Gasteiger partial charge on any atom is -0.393 e. The Morgan fingerprint density at radius 1 is 1.00 bits per heavy atom. The van der Waals surface area contributed by atoms with Crippen molar-refractivity contribution in [2.45, 2.75) is 84.7 Å². The van der Waals surface area contributed by atoms with Gasteiger partial charge in [0.25, 0.3) is 0 Å². The van der Waals surface area contributed by atoms with Gasteiger partial charge in [-0.15, -0.1) is 0 Å². The van der Waals surface area contributed by atoms with E-state index in [0.717, 1.165) is 31.1 Å². The van der Waals surface area contributed by atoms with Crippen LogP contribution in [0.4, 0.5) is 0 Å². The highest BCUT2D eigenvalue weighted by molar-refractivity contribution is 5.84. The van der Waals surface area contributed by atoms with Crippen LogP contribution in [0.3, 0.4) is 0 Å². The molecule has 1 N–H and O–H groups in total. The Balaban J connectivity index is 1.67. The number of fused-ring (bicyclic) bond motifs is 5. The number of Topliss-reactive ketones (excluding diaryl/α,β-unsaturated/α-hetero) is 1. The van der Waals surface area contributed by atoms with Gasteiger partial charge < -0.3 is 5.11 Å². The fourth-order valence-corrected chi connectivity index (χ4v) is 8.28. The summed E-state index contributed by atoms with van der Waals surface area (Å²) in [6.07, 6.45) is 10.3. The van der Waals surface area contributed by atoms with Crippen LogP contribution < -0.4 is 0 Å². The molecule has 4 fully saturated rings. The number of aliphatic hydroxyl groups excluding tert-OH is 1. The third-order valence-electron chi connectivity index (χ3n) is 9.40. The Hall–Kier alpha value is -0.630. The van der Waals surface area contributed by atoms with Crippen LogP contribution in [0.5, 0.6) is 0 Å². The maximum atomic E-state index is 12.9. The fourth-order valence-electron chi connectivity index (χ4n) is 8.28. The van der Waals surface area contributed by atoms with Gasteiger partial charge in [-0.2, -0.15) is 0 Å². The van der Waals surface area contributed by atoms with Crippen LogP contribution in [0.1, 0.15) is 78.6 Å². The van der Waals surface area contributed by atoms with Crippen LogP contribution in [-0.2, 0) is 4.79 Å². The smallest absolute Gasteiger partial charge is 0.136 e. The summed E-state index contributed by atoms with van der Waals surface area (Å²) >= 11 is 0. The second-order valence-electron chi connectivity index (χ2n) is 10.2. The minimum absolute atomic E-state index is 0.0752. The number of carbonyl (C=O) groups excluding carboxylic acids is 1. The zero-order valence-corrected chi connectivity index (χ0v) is 16.4. The molecule has 0 aromatic carbocycles. The molecule has 0 aromatic rings. The summed E-state index contributed by atoms with van der Waals surface area (Å²) in [6.45, 7) is 10.8. The highest BCUT2D eigenvalue weighted by Crippen LogP contribution is 2.68. The molecular formula is C23H36O2. The van der Waals surface area contributed by atoms with Crippen LogP contribution >= 0.6 is 0 Å². The van der Waals surface area contributed by atoms with E-state index < -0.39 is 0 Å². The van der Waals surface area contributed by atoms with Crippen molar-refractivity contribution in [1.82, 2.24) is 0 Å². The monoisotopic (exact) mass is 344 g/mol. The molecule has 0 radical (unpaired) electrons. The standard InChI is InChI=1S/C23H36O2/c1-14(2)19-7-8-21-18-6-5-16-13-17(25)9-11-22(16,4)20(18)10-12-23(19,21)15(3)24/h16-21,25H,1,5-13H2,2-4H3/t16-,17+,18+,19+,20-,21-,22-,23-/m0/s1. The van der Waals surface area contributed by atoms with Crippen LogP contribution in [0, 0.1) is 40.4 Å². The Bertz CT molecular complexity index is 581. The molecule has 0 heterocycles. The first-order valence-electron chi connectivity index (χ1n) is 10.6. The molecule has 0 aromatic heterocycles. The molecule has 0 saturated heterocycles. The van der Waals surface area contributed by atoms with Crippen LogP contribution in [-0.4, -0.2) is 17.0 Å². The van der Waals surface area contributed by atoms with E-state index in [-0.39, 0.29) is 11.5 Å². The third-order valence-corrected chi connectivity index (χ3v) is 9.40. The van der Waals surface area contributed by atoms with E-state index >= 15 is 0 Å². The summed E-state index contributed by atoms with van der Waals surface area (Å²) in [7, 11) is 0. The van der Waals surface area contributed by atoms with Gasteiger partial charge >= 0.3 is 0 Å². The van der Waals surface area contributed by atoms with E-state index in [9.17, 15) is 9.90 Å². The molecule has 4 aliphatic carbocycles. The van der Waals surface area contributed by atoms with E-state index in [1.165, 1.54) is 44.1 Å². The van der Waals surface area contributed by atoms with Gasteiger partial charge in [0.05, 0.1) is 6.10 Å². The van der Waals surface area contributed by atoms with Gasteiger partial charge in [0.2, 0.25) is 0 Å². The summed E-state index contributed by atoms with van der Waals surface area (Å²) in [6, 6.07) is 0. The quantitative estimate of drug-likeness (QED) is 0.703. The second-order valence-corrected chi connectivity index (χ2v) is 10.2. The molecule has 0 spiro atoms. The Morgan fingerprint density at radius 3 is 2.44 bits per heavy atom. The van der Waals surface area contributed by atoms with Crippen molar-refractivity contribution in [3.05, 3.63) is 12.2 Å². The predicted octanol–water partition coefficient (Wildman–Crippen LogP) is 5.15. The molecule has 0 unspecified atom stereocenters. The molecule has 8 atom stereocenters. The Morgan fingerprint density at radius 2 is 1.76 bits per heavy atom. The van der Waals surface area contributed by atoms with E-state index in [0.29, 0.717) is 29.0 Å². The average molecular weight is 345 g/mol. The van der Waals surface area contributed by atoms with Gasteiger partial charge in [-0.25, -0.2) is 0 Å². The zero-order valence-electron chi connectivity index (χ0n) is 16.4. The van der Waals surface area contributed by atoms with Crippen molar-refractivity contribution >= 4 is 5.78 Å². The molecule has 2 nitrogen and oxygen atoms in total. The molecule has 0 amide bonds. The van der Waals surface area contributed by atoms with Crippen molar-refractivity contribution in [2.75, 3.05) is 0 Å². The van der Waals surface area contributed by atoms with Crippen molar-refractivity contribution in [3.8, 4) is 0 Å². The minimum atomic E-state index is -0.107. The average Bonchev–Trinajstić information content (AvgIpc) is 2.96. The predicted molar refractivity (Wildman–Crippen MR) is 101 cm³/mol. The highest BCUT2D eigenvalue weighted by Gasteiger charge is 2.63. The summed E-state index contributed by atoms with van der Waals surface area (Å²) < 4.78 is 0. The van der Waals surface area contributed by atoms with Gasteiger partial charge in [-0.05, 0) is 107 Å². The van der Waals surface area contributed by atoms with E-state index in [1.54, 1.807) is 0 Å². The lowest BCUT2D eigenvalue weighted by atomic mass is 9.44. The third kappa shape index (κ3) is 2.35. The number of rotatable bonds is 2. The van der Waals surface area contributed by atoms with Gasteiger partial charge in [0.1, 0.15) is 5.78 Å². The molecule has 0 aliphatic heterocycles. The maximum Gasteiger partial charge on any atom is 0.136 e. The molecule has 2 heteroatoms. The van der Waals surface area contributed by atoms with E-state index in [1.807, 2.05) is 6.92 Å². The summed E-state index contributed by atoms with van der Waals surface area (Å²) in [5.41, 5.74) is 1.52. The lowest BCUT2D eigenvalue weighted by Crippen LogP contribution is -2.56.